The fourth-order valence-electron chi connectivity index (χ4n) is 2.78. The molecule has 0 spiro atoms. The summed E-state index contributed by atoms with van der Waals surface area (Å²) >= 11 is 0. The van der Waals surface area contributed by atoms with Crippen LogP contribution >= 0.6 is 0 Å². The largest absolute Gasteiger partial charge is 0.380 e. The predicted octanol–water partition coefficient (Wildman–Crippen LogP) is 0.977. The molecule has 0 radical (unpaired) electrons. The van der Waals surface area contributed by atoms with E-state index >= 15 is 0 Å². The van der Waals surface area contributed by atoms with Crippen LogP contribution in [0.5, 0.6) is 0 Å². The van der Waals surface area contributed by atoms with Crippen LogP contribution in [0.3, 0.4) is 0 Å². The van der Waals surface area contributed by atoms with Crippen LogP contribution in [0.25, 0.3) is 0 Å². The van der Waals surface area contributed by atoms with Crippen molar-refractivity contribution in [3.05, 3.63) is 0 Å². The van der Waals surface area contributed by atoms with Crippen LogP contribution in [0.2, 0.25) is 0 Å². The Kier molecular flexibility index (Phi) is 3.42. The quantitative estimate of drug-likeness (QED) is 0.719. The summed E-state index contributed by atoms with van der Waals surface area (Å²) in [6.07, 6.45) is 5.15. The lowest BCUT2D eigenvalue weighted by Gasteiger charge is -2.41. The van der Waals surface area contributed by atoms with E-state index in [2.05, 4.69) is 11.8 Å². The fourth-order valence-corrected chi connectivity index (χ4v) is 2.78. The Labute approximate surface area is 86.6 Å². The maximum absolute atomic E-state index is 6.04. The average Bonchev–Trinajstić information content (AvgIpc) is 2.70. The summed E-state index contributed by atoms with van der Waals surface area (Å²) in [6.45, 7) is 5.22. The molecule has 2 N–H and O–H groups in total. The number of nitrogens with two attached hydrogens (primary N) is 1. The second-order valence-electron chi connectivity index (χ2n) is 4.68. The van der Waals surface area contributed by atoms with E-state index in [1.54, 1.807) is 0 Å². The molecule has 2 heterocycles. The van der Waals surface area contributed by atoms with Gasteiger partial charge in [0, 0.05) is 24.7 Å². The van der Waals surface area contributed by atoms with Crippen LogP contribution in [0.1, 0.15) is 32.6 Å². The molecule has 0 aromatic carbocycles. The summed E-state index contributed by atoms with van der Waals surface area (Å²) < 4.78 is 5.46. The first-order valence-corrected chi connectivity index (χ1v) is 5.88. The summed E-state index contributed by atoms with van der Waals surface area (Å²) in [5, 5.41) is 0. The Morgan fingerprint density at radius 2 is 2.21 bits per heavy atom. The second-order valence-corrected chi connectivity index (χ2v) is 4.68. The van der Waals surface area contributed by atoms with Crippen LogP contribution in [0.4, 0.5) is 0 Å². The van der Waals surface area contributed by atoms with Gasteiger partial charge in [0.1, 0.15) is 0 Å². The number of piperidine rings is 1. The third-order valence-electron chi connectivity index (χ3n) is 3.57. The third-order valence-corrected chi connectivity index (χ3v) is 3.57. The van der Waals surface area contributed by atoms with Gasteiger partial charge in [0.05, 0.1) is 6.61 Å². The van der Waals surface area contributed by atoms with E-state index in [1.165, 1.54) is 32.2 Å². The number of rotatable bonds is 2. The van der Waals surface area contributed by atoms with Crippen molar-refractivity contribution in [1.82, 2.24) is 4.90 Å². The number of hydrogen-bond acceptors (Lipinski definition) is 3. The number of likely N-dealkylation sites (tertiary alicyclic amines) is 1. The molecule has 2 aliphatic rings. The summed E-state index contributed by atoms with van der Waals surface area (Å²) in [5.41, 5.74) is 6.04. The smallest absolute Gasteiger partial charge is 0.0622 e. The lowest BCUT2D eigenvalue weighted by Crippen LogP contribution is -2.53. The zero-order valence-electron chi connectivity index (χ0n) is 9.11. The Bertz CT molecular complexity index is 178. The van der Waals surface area contributed by atoms with Crippen LogP contribution in [-0.2, 0) is 4.74 Å². The van der Waals surface area contributed by atoms with Gasteiger partial charge in [0.2, 0.25) is 0 Å². The van der Waals surface area contributed by atoms with Gasteiger partial charge in [-0.25, -0.2) is 0 Å². The molecule has 0 aliphatic carbocycles. The molecule has 3 atom stereocenters. The zero-order chi connectivity index (χ0) is 9.97. The Morgan fingerprint density at radius 3 is 2.86 bits per heavy atom. The molecule has 2 aliphatic heterocycles. The molecule has 0 amide bonds. The lowest BCUT2D eigenvalue weighted by molar-refractivity contribution is 0.0700. The molecule has 0 saturated carbocycles. The molecular weight excluding hydrogens is 176 g/mol. The van der Waals surface area contributed by atoms with Gasteiger partial charge < -0.3 is 10.5 Å². The Balaban J connectivity index is 1.98. The molecule has 2 fully saturated rings. The molecule has 3 nitrogen and oxygen atoms in total. The number of nitrogens with zero attached hydrogens (tertiary/aromatic N) is 1. The zero-order valence-corrected chi connectivity index (χ0v) is 9.11. The van der Waals surface area contributed by atoms with Gasteiger partial charge in [-0.15, -0.1) is 0 Å². The maximum Gasteiger partial charge on any atom is 0.0622 e. The van der Waals surface area contributed by atoms with Gasteiger partial charge >= 0.3 is 0 Å². The van der Waals surface area contributed by atoms with Gasteiger partial charge in [-0.05, 0) is 32.7 Å². The van der Waals surface area contributed by atoms with Crippen LogP contribution in [0.15, 0.2) is 0 Å². The first-order chi connectivity index (χ1) is 6.79. The van der Waals surface area contributed by atoms with Crippen molar-refractivity contribution in [3.8, 4) is 0 Å². The number of ether oxygens (including phenoxy) is 1. The molecule has 3 heteroatoms. The highest BCUT2D eigenvalue weighted by molar-refractivity contribution is 4.88. The Morgan fingerprint density at radius 1 is 1.36 bits per heavy atom. The molecule has 0 bridgehead atoms. The van der Waals surface area contributed by atoms with E-state index in [4.69, 9.17) is 10.5 Å². The van der Waals surface area contributed by atoms with E-state index in [0.29, 0.717) is 18.1 Å². The third kappa shape index (κ3) is 2.10. The summed E-state index contributed by atoms with van der Waals surface area (Å²) in [6, 6.07) is 1.54. The van der Waals surface area contributed by atoms with E-state index < -0.39 is 0 Å². The van der Waals surface area contributed by atoms with Gasteiger partial charge in [0.25, 0.3) is 0 Å². The van der Waals surface area contributed by atoms with E-state index in [9.17, 15) is 0 Å². The van der Waals surface area contributed by atoms with Crippen LogP contribution in [0, 0.1) is 0 Å². The van der Waals surface area contributed by atoms with Crippen molar-refractivity contribution in [2.45, 2.75) is 50.7 Å². The van der Waals surface area contributed by atoms with E-state index in [-0.39, 0.29) is 0 Å². The number of hydrogen-bond donors (Lipinski definition) is 1. The highest BCUT2D eigenvalue weighted by Gasteiger charge is 2.32. The highest BCUT2D eigenvalue weighted by atomic mass is 16.5. The molecule has 2 saturated heterocycles. The van der Waals surface area contributed by atoms with Crippen molar-refractivity contribution in [2.75, 3.05) is 19.8 Å². The van der Waals surface area contributed by atoms with Gasteiger partial charge in [0.15, 0.2) is 0 Å². The van der Waals surface area contributed by atoms with Gasteiger partial charge in [-0.3, -0.25) is 4.90 Å². The Hall–Kier alpha value is -0.120. The van der Waals surface area contributed by atoms with Crippen LogP contribution in [-0.4, -0.2) is 42.8 Å². The lowest BCUT2D eigenvalue weighted by atomic mass is 9.95. The topological polar surface area (TPSA) is 38.5 Å². The predicted molar refractivity (Wildman–Crippen MR) is 57.2 cm³/mol. The first-order valence-electron chi connectivity index (χ1n) is 5.88. The highest BCUT2D eigenvalue weighted by Crippen LogP contribution is 2.24. The minimum atomic E-state index is 0.302. The molecule has 0 aromatic heterocycles. The van der Waals surface area contributed by atoms with Gasteiger partial charge in [-0.1, -0.05) is 6.42 Å². The monoisotopic (exact) mass is 198 g/mol. The van der Waals surface area contributed by atoms with Crippen molar-refractivity contribution in [3.63, 3.8) is 0 Å². The van der Waals surface area contributed by atoms with Crippen molar-refractivity contribution in [2.24, 2.45) is 5.73 Å². The maximum atomic E-state index is 6.04. The summed E-state index contributed by atoms with van der Waals surface area (Å²) in [5.74, 6) is 0. The summed E-state index contributed by atoms with van der Waals surface area (Å²) in [4.78, 5) is 2.60. The first kappa shape index (κ1) is 10.4. The summed E-state index contributed by atoms with van der Waals surface area (Å²) in [7, 11) is 0. The van der Waals surface area contributed by atoms with Gasteiger partial charge in [-0.2, -0.15) is 0 Å². The standard InChI is InChI=1S/C11H22N2O/c1-9(12)11-4-2-3-6-13(11)10-5-7-14-8-10/h9-11H,2-8,12H2,1H3. The molecule has 82 valence electrons. The van der Waals surface area contributed by atoms with Crippen molar-refractivity contribution >= 4 is 0 Å². The molecule has 2 rings (SSSR count). The average molecular weight is 198 g/mol. The van der Waals surface area contributed by atoms with Crippen LogP contribution < -0.4 is 5.73 Å². The van der Waals surface area contributed by atoms with E-state index in [0.717, 1.165) is 13.2 Å². The normalized spacial score (nSPS) is 37.3. The molecule has 14 heavy (non-hydrogen) atoms. The minimum absolute atomic E-state index is 0.302. The molecule has 3 unspecified atom stereocenters. The minimum Gasteiger partial charge on any atom is -0.380 e. The molecule has 0 aromatic rings. The van der Waals surface area contributed by atoms with Crippen molar-refractivity contribution in [1.29, 1.82) is 0 Å². The van der Waals surface area contributed by atoms with Crippen molar-refractivity contribution < 1.29 is 4.74 Å². The SMILES string of the molecule is CC(N)C1CCCCN1C1CCOC1. The van der Waals surface area contributed by atoms with E-state index in [1.807, 2.05) is 0 Å². The fraction of sp³-hybridized carbons (Fsp3) is 1.00. The molecular formula is C11H22N2O. The second kappa shape index (κ2) is 4.60.